The van der Waals surface area contributed by atoms with Crippen molar-refractivity contribution in [3.8, 4) is 0 Å². The third-order valence-electron chi connectivity index (χ3n) is 5.19. The molecule has 6 heteroatoms. The largest absolute Gasteiger partial charge is 0.468 e. The van der Waals surface area contributed by atoms with Crippen LogP contribution in [0.5, 0.6) is 0 Å². The second-order valence-corrected chi connectivity index (χ2v) is 7.31. The Bertz CT molecular complexity index is 494. The maximum Gasteiger partial charge on any atom is 0.166 e. The summed E-state index contributed by atoms with van der Waals surface area (Å²) in [5.74, 6) is 1.08. The van der Waals surface area contributed by atoms with Gasteiger partial charge in [0.25, 0.3) is 0 Å². The molecule has 0 aromatic carbocycles. The Morgan fingerprint density at radius 2 is 2.17 bits per heavy atom. The van der Waals surface area contributed by atoms with E-state index in [0.717, 1.165) is 49.8 Å². The molecule has 0 spiro atoms. The van der Waals surface area contributed by atoms with Gasteiger partial charge in [0.05, 0.1) is 12.8 Å². The van der Waals surface area contributed by atoms with Crippen LogP contribution in [0.25, 0.3) is 0 Å². The average molecular weight is 352 g/mol. The SMILES string of the molecule is COCCCNC(=S)NC1C[C@H]2CCC[C@H](C1)N2Cc1ccco1. The number of furan rings is 1. The first kappa shape index (κ1) is 17.7. The number of fused-ring (bicyclic) bond motifs is 2. The summed E-state index contributed by atoms with van der Waals surface area (Å²) in [6.45, 7) is 2.57. The standard InChI is InChI=1S/C18H29N3O2S/c1-22-9-4-8-19-18(24)20-14-11-15-5-2-6-16(12-14)21(15)13-17-7-3-10-23-17/h3,7,10,14-16H,2,4-6,8-9,11-13H2,1H3,(H2,19,20,24)/t15-,16-/m1/s1. The van der Waals surface area contributed by atoms with Gasteiger partial charge in [-0.2, -0.15) is 0 Å². The molecule has 0 amide bonds. The molecule has 24 heavy (non-hydrogen) atoms. The van der Waals surface area contributed by atoms with Crippen molar-refractivity contribution < 1.29 is 9.15 Å². The molecule has 1 aromatic heterocycles. The summed E-state index contributed by atoms with van der Waals surface area (Å²) in [5.41, 5.74) is 0. The molecule has 1 aromatic rings. The molecule has 134 valence electrons. The lowest BCUT2D eigenvalue weighted by Crippen LogP contribution is -2.57. The molecule has 2 saturated heterocycles. The number of piperidine rings is 2. The third kappa shape index (κ3) is 4.71. The van der Waals surface area contributed by atoms with Crippen molar-refractivity contribution in [3.05, 3.63) is 24.2 Å². The van der Waals surface area contributed by atoms with Crippen LogP contribution in [0.2, 0.25) is 0 Å². The Kier molecular flexibility index (Phi) is 6.51. The van der Waals surface area contributed by atoms with Crippen LogP contribution in [0, 0.1) is 0 Å². The summed E-state index contributed by atoms with van der Waals surface area (Å²) >= 11 is 5.45. The highest BCUT2D eigenvalue weighted by Crippen LogP contribution is 2.35. The van der Waals surface area contributed by atoms with Crippen LogP contribution in [-0.2, 0) is 11.3 Å². The normalized spacial score (nSPS) is 27.0. The average Bonchev–Trinajstić information content (AvgIpc) is 3.05. The van der Waals surface area contributed by atoms with Gasteiger partial charge in [0.1, 0.15) is 5.76 Å². The lowest BCUT2D eigenvalue weighted by atomic mass is 9.81. The summed E-state index contributed by atoms with van der Waals surface area (Å²) in [7, 11) is 1.73. The van der Waals surface area contributed by atoms with Crippen LogP contribution >= 0.6 is 12.2 Å². The van der Waals surface area contributed by atoms with E-state index in [9.17, 15) is 0 Å². The van der Waals surface area contributed by atoms with Crippen molar-refractivity contribution in [2.75, 3.05) is 20.3 Å². The summed E-state index contributed by atoms with van der Waals surface area (Å²) in [5, 5.41) is 7.61. The fourth-order valence-electron chi connectivity index (χ4n) is 4.09. The lowest BCUT2D eigenvalue weighted by Gasteiger charge is -2.48. The zero-order valence-electron chi connectivity index (χ0n) is 14.5. The number of rotatable bonds is 7. The summed E-state index contributed by atoms with van der Waals surface area (Å²) in [6, 6.07) is 5.81. The van der Waals surface area contributed by atoms with Crippen molar-refractivity contribution in [2.24, 2.45) is 0 Å². The van der Waals surface area contributed by atoms with Gasteiger partial charge in [0, 0.05) is 38.4 Å². The number of thiocarbonyl (C=S) groups is 1. The molecule has 0 radical (unpaired) electrons. The molecule has 5 nitrogen and oxygen atoms in total. The molecule has 0 aliphatic carbocycles. The Morgan fingerprint density at radius 1 is 1.38 bits per heavy atom. The maximum absolute atomic E-state index is 5.56. The van der Waals surface area contributed by atoms with Crippen LogP contribution in [0.4, 0.5) is 0 Å². The molecule has 2 N–H and O–H groups in total. The Morgan fingerprint density at radius 3 is 2.83 bits per heavy atom. The summed E-state index contributed by atoms with van der Waals surface area (Å²) in [4.78, 5) is 2.65. The highest BCUT2D eigenvalue weighted by atomic mass is 32.1. The van der Waals surface area contributed by atoms with E-state index in [0.29, 0.717) is 18.1 Å². The van der Waals surface area contributed by atoms with Crippen LogP contribution in [0.1, 0.15) is 44.3 Å². The molecule has 2 fully saturated rings. The van der Waals surface area contributed by atoms with Crippen molar-refractivity contribution >= 4 is 17.3 Å². The van der Waals surface area contributed by atoms with Crippen LogP contribution in [0.3, 0.4) is 0 Å². The molecule has 2 aliphatic heterocycles. The second kappa shape index (κ2) is 8.83. The predicted molar refractivity (Wildman–Crippen MR) is 98.9 cm³/mol. The first-order valence-electron chi connectivity index (χ1n) is 9.07. The van der Waals surface area contributed by atoms with Gasteiger partial charge in [0.2, 0.25) is 0 Å². The topological polar surface area (TPSA) is 49.7 Å². The third-order valence-corrected chi connectivity index (χ3v) is 5.45. The number of hydrogen-bond donors (Lipinski definition) is 2. The van der Waals surface area contributed by atoms with Crippen molar-refractivity contribution in [3.63, 3.8) is 0 Å². The van der Waals surface area contributed by atoms with Gasteiger partial charge in [0.15, 0.2) is 5.11 Å². The smallest absolute Gasteiger partial charge is 0.166 e. The number of hydrogen-bond acceptors (Lipinski definition) is 4. The van der Waals surface area contributed by atoms with Crippen LogP contribution in [0.15, 0.2) is 22.8 Å². The monoisotopic (exact) mass is 351 g/mol. The highest BCUT2D eigenvalue weighted by molar-refractivity contribution is 7.80. The number of ether oxygens (including phenoxy) is 1. The predicted octanol–water partition coefficient (Wildman–Crippen LogP) is 2.67. The van der Waals surface area contributed by atoms with Crippen molar-refractivity contribution in [2.45, 2.75) is 63.2 Å². The number of nitrogens with one attached hydrogen (secondary N) is 2. The minimum absolute atomic E-state index is 0.482. The maximum atomic E-state index is 5.56. The second-order valence-electron chi connectivity index (χ2n) is 6.91. The molecule has 2 bridgehead atoms. The molecule has 0 saturated carbocycles. The molecular weight excluding hydrogens is 322 g/mol. The number of methoxy groups -OCH3 is 1. The fraction of sp³-hybridized carbons (Fsp3) is 0.722. The Hall–Kier alpha value is -1.11. The van der Waals surface area contributed by atoms with Gasteiger partial charge in [-0.15, -0.1) is 0 Å². The molecule has 2 atom stereocenters. The van der Waals surface area contributed by atoms with Gasteiger partial charge >= 0.3 is 0 Å². The van der Waals surface area contributed by atoms with E-state index in [-0.39, 0.29) is 0 Å². The summed E-state index contributed by atoms with van der Waals surface area (Å²) < 4.78 is 10.6. The van der Waals surface area contributed by atoms with E-state index < -0.39 is 0 Å². The summed E-state index contributed by atoms with van der Waals surface area (Å²) in [6.07, 6.45) is 8.98. The van der Waals surface area contributed by atoms with Crippen LogP contribution < -0.4 is 10.6 Å². The van der Waals surface area contributed by atoms with E-state index in [2.05, 4.69) is 21.6 Å². The highest BCUT2D eigenvalue weighted by Gasteiger charge is 2.38. The number of nitrogens with zero attached hydrogens (tertiary/aromatic N) is 1. The molecule has 2 aliphatic rings. The Balaban J connectivity index is 1.48. The lowest BCUT2D eigenvalue weighted by molar-refractivity contribution is 0.0160. The van der Waals surface area contributed by atoms with Gasteiger partial charge in [-0.05, 0) is 56.5 Å². The Labute approximate surface area is 150 Å². The molecule has 3 heterocycles. The minimum Gasteiger partial charge on any atom is -0.468 e. The molecular formula is C18H29N3O2S. The fourth-order valence-corrected chi connectivity index (χ4v) is 4.36. The molecule has 0 unspecified atom stereocenters. The van der Waals surface area contributed by atoms with E-state index >= 15 is 0 Å². The first-order valence-corrected chi connectivity index (χ1v) is 9.48. The van der Waals surface area contributed by atoms with Gasteiger partial charge in [-0.1, -0.05) is 6.42 Å². The molecule has 3 rings (SSSR count). The first-order chi connectivity index (χ1) is 11.8. The van der Waals surface area contributed by atoms with E-state index in [1.165, 1.54) is 19.3 Å². The quantitative estimate of drug-likeness (QED) is 0.582. The van der Waals surface area contributed by atoms with Crippen molar-refractivity contribution in [1.29, 1.82) is 0 Å². The van der Waals surface area contributed by atoms with Crippen molar-refractivity contribution in [1.82, 2.24) is 15.5 Å². The zero-order valence-corrected chi connectivity index (χ0v) is 15.3. The van der Waals surface area contributed by atoms with E-state index in [1.54, 1.807) is 13.4 Å². The van der Waals surface area contributed by atoms with Gasteiger partial charge < -0.3 is 19.8 Å². The minimum atomic E-state index is 0.482. The van der Waals surface area contributed by atoms with Gasteiger partial charge in [-0.3, -0.25) is 4.90 Å². The van der Waals surface area contributed by atoms with E-state index in [4.69, 9.17) is 21.4 Å². The zero-order chi connectivity index (χ0) is 16.8. The van der Waals surface area contributed by atoms with Crippen LogP contribution in [-0.4, -0.2) is 48.4 Å². The van der Waals surface area contributed by atoms with E-state index in [1.807, 2.05) is 6.07 Å². The van der Waals surface area contributed by atoms with Gasteiger partial charge in [-0.25, -0.2) is 0 Å².